The van der Waals surface area contributed by atoms with Gasteiger partial charge in [-0.2, -0.15) is 0 Å². The van der Waals surface area contributed by atoms with Crippen LogP contribution >= 0.6 is 11.3 Å². The van der Waals surface area contributed by atoms with E-state index < -0.39 is 5.91 Å². The van der Waals surface area contributed by atoms with Crippen molar-refractivity contribution in [2.75, 3.05) is 13.1 Å². The lowest BCUT2D eigenvalue weighted by atomic mass is 9.97. The number of thiazole rings is 1. The molecule has 0 unspecified atom stereocenters. The maximum atomic E-state index is 12.8. The van der Waals surface area contributed by atoms with Crippen molar-refractivity contribution >= 4 is 28.1 Å². The molecule has 3 aromatic rings. The zero-order chi connectivity index (χ0) is 17.4. The average molecular weight is 358 g/mol. The van der Waals surface area contributed by atoms with Gasteiger partial charge < -0.3 is 15.2 Å². The molecule has 1 fully saturated rings. The van der Waals surface area contributed by atoms with E-state index in [2.05, 4.69) is 9.97 Å². The summed E-state index contributed by atoms with van der Waals surface area (Å²) in [5.74, 6) is 0.438. The normalized spacial score (nSPS) is 17.9. The summed E-state index contributed by atoms with van der Waals surface area (Å²) < 4.78 is 3.63. The molecule has 9 heteroatoms. The molecule has 1 saturated heterocycles. The summed E-state index contributed by atoms with van der Waals surface area (Å²) in [5.41, 5.74) is 5.76. The first kappa shape index (κ1) is 15.8. The van der Waals surface area contributed by atoms with Crippen LogP contribution in [0.2, 0.25) is 0 Å². The first-order valence-electron chi connectivity index (χ1n) is 8.12. The Bertz CT molecular complexity index is 898. The van der Waals surface area contributed by atoms with Gasteiger partial charge in [0.25, 0.3) is 5.91 Å². The van der Waals surface area contributed by atoms with E-state index in [4.69, 9.17) is 5.73 Å². The highest BCUT2D eigenvalue weighted by atomic mass is 32.1. The van der Waals surface area contributed by atoms with Crippen LogP contribution in [0.3, 0.4) is 0 Å². The molecular formula is C16H18N6O2S. The van der Waals surface area contributed by atoms with Crippen LogP contribution in [0, 0.1) is 0 Å². The number of primary amides is 1. The molecule has 3 aromatic heterocycles. The summed E-state index contributed by atoms with van der Waals surface area (Å²) in [6.07, 6.45) is 8.90. The van der Waals surface area contributed by atoms with Crippen LogP contribution in [-0.4, -0.2) is 48.7 Å². The van der Waals surface area contributed by atoms with E-state index in [1.807, 2.05) is 20.9 Å². The lowest BCUT2D eigenvalue weighted by Crippen LogP contribution is -2.40. The predicted molar refractivity (Wildman–Crippen MR) is 92.4 cm³/mol. The minimum Gasteiger partial charge on any atom is -0.368 e. The van der Waals surface area contributed by atoms with Crippen LogP contribution in [0.4, 0.5) is 0 Å². The van der Waals surface area contributed by atoms with E-state index >= 15 is 0 Å². The molecule has 1 aliphatic heterocycles. The second kappa shape index (κ2) is 6.32. The van der Waals surface area contributed by atoms with Gasteiger partial charge in [0, 0.05) is 49.2 Å². The average Bonchev–Trinajstić information content (AvgIpc) is 3.29. The lowest BCUT2D eigenvalue weighted by Gasteiger charge is -2.32. The van der Waals surface area contributed by atoms with Gasteiger partial charge in [0.15, 0.2) is 4.96 Å². The topological polar surface area (TPSA) is 98.5 Å². The molecule has 0 bridgehead atoms. The number of piperidine rings is 1. The van der Waals surface area contributed by atoms with Crippen LogP contribution in [0.25, 0.3) is 4.96 Å². The van der Waals surface area contributed by atoms with Crippen LogP contribution in [0.15, 0.2) is 30.2 Å². The minimum atomic E-state index is -0.402. The van der Waals surface area contributed by atoms with Gasteiger partial charge in [-0.15, -0.1) is 11.3 Å². The number of imidazole rings is 2. The van der Waals surface area contributed by atoms with Gasteiger partial charge in [-0.3, -0.25) is 14.0 Å². The quantitative estimate of drug-likeness (QED) is 0.755. The third-order valence-electron chi connectivity index (χ3n) is 4.46. The van der Waals surface area contributed by atoms with Crippen molar-refractivity contribution in [3.63, 3.8) is 0 Å². The third kappa shape index (κ3) is 3.02. The van der Waals surface area contributed by atoms with Crippen molar-refractivity contribution in [3.05, 3.63) is 41.7 Å². The fourth-order valence-electron chi connectivity index (χ4n) is 3.35. The smallest absolute Gasteiger partial charge is 0.274 e. The Morgan fingerprint density at radius 2 is 2.24 bits per heavy atom. The summed E-state index contributed by atoms with van der Waals surface area (Å²) in [6.45, 7) is 1.38. The Balaban J connectivity index is 1.52. The Hall–Kier alpha value is -2.68. The van der Waals surface area contributed by atoms with Crippen molar-refractivity contribution in [1.82, 2.24) is 23.8 Å². The van der Waals surface area contributed by atoms with Crippen LogP contribution in [-0.2, 0) is 11.3 Å². The highest BCUT2D eigenvalue weighted by Gasteiger charge is 2.29. The summed E-state index contributed by atoms with van der Waals surface area (Å²) in [6, 6.07) is 0. The lowest BCUT2D eigenvalue weighted by molar-refractivity contribution is -0.118. The van der Waals surface area contributed by atoms with Crippen LogP contribution < -0.4 is 5.73 Å². The molecule has 2 N–H and O–H groups in total. The number of nitrogens with two attached hydrogens (primary N) is 1. The van der Waals surface area contributed by atoms with Gasteiger partial charge in [0.05, 0.1) is 0 Å². The Kier molecular flexibility index (Phi) is 4.00. The number of nitrogens with zero attached hydrogens (tertiary/aromatic N) is 5. The summed E-state index contributed by atoms with van der Waals surface area (Å²) in [5, 5.41) is 1.94. The van der Waals surface area contributed by atoms with E-state index in [0.29, 0.717) is 18.8 Å². The number of hydrogen-bond donors (Lipinski definition) is 1. The number of rotatable bonds is 4. The van der Waals surface area contributed by atoms with Crippen molar-refractivity contribution in [2.45, 2.75) is 25.3 Å². The first-order valence-corrected chi connectivity index (χ1v) is 9.00. The highest BCUT2D eigenvalue weighted by Crippen LogP contribution is 2.27. The molecule has 4 rings (SSSR count). The standard InChI is InChI=1S/C16H18N6O2S/c17-13(23)10-20-5-3-18-14(20)11-2-1-4-21(8-11)15(24)12-9-22-6-7-25-16(22)19-12/h3,5-7,9,11H,1-2,4,8,10H2,(H2,17,23)/t11-/m1/s1. The molecule has 0 aromatic carbocycles. The monoisotopic (exact) mass is 358 g/mol. The van der Waals surface area contributed by atoms with E-state index in [-0.39, 0.29) is 18.4 Å². The molecule has 1 atom stereocenters. The maximum Gasteiger partial charge on any atom is 0.274 e. The Morgan fingerprint density at radius 1 is 1.36 bits per heavy atom. The Morgan fingerprint density at radius 3 is 3.04 bits per heavy atom. The third-order valence-corrected chi connectivity index (χ3v) is 5.23. The fourth-order valence-corrected chi connectivity index (χ4v) is 4.05. The SMILES string of the molecule is NC(=O)Cn1ccnc1[C@@H]1CCCN(C(=O)c2cn3ccsc3n2)C1. The van der Waals surface area contributed by atoms with Gasteiger partial charge in [-0.1, -0.05) is 0 Å². The molecule has 0 aliphatic carbocycles. The van der Waals surface area contributed by atoms with Gasteiger partial charge in [0.1, 0.15) is 18.1 Å². The van der Waals surface area contributed by atoms with Crippen molar-refractivity contribution in [3.8, 4) is 0 Å². The number of carbonyl (C=O) groups excluding carboxylic acids is 2. The minimum absolute atomic E-state index is 0.0615. The van der Waals surface area contributed by atoms with Gasteiger partial charge >= 0.3 is 0 Å². The number of fused-ring (bicyclic) bond motifs is 1. The Labute approximate surface area is 147 Å². The molecule has 0 radical (unpaired) electrons. The first-order chi connectivity index (χ1) is 12.1. The van der Waals surface area contributed by atoms with Gasteiger partial charge in [-0.05, 0) is 12.8 Å². The molecule has 4 heterocycles. The fraction of sp³-hybridized carbons (Fsp3) is 0.375. The van der Waals surface area contributed by atoms with E-state index in [1.165, 1.54) is 11.3 Å². The molecule has 130 valence electrons. The molecule has 0 saturated carbocycles. The van der Waals surface area contributed by atoms with Crippen molar-refractivity contribution in [2.24, 2.45) is 5.73 Å². The zero-order valence-electron chi connectivity index (χ0n) is 13.5. The molecule has 25 heavy (non-hydrogen) atoms. The second-order valence-corrected chi connectivity index (χ2v) is 7.06. The molecule has 0 spiro atoms. The summed E-state index contributed by atoms with van der Waals surface area (Å²) >= 11 is 1.50. The highest BCUT2D eigenvalue weighted by molar-refractivity contribution is 7.15. The molecule has 8 nitrogen and oxygen atoms in total. The molecule has 2 amide bonds. The van der Waals surface area contributed by atoms with Gasteiger partial charge in [-0.25, -0.2) is 9.97 Å². The number of carbonyl (C=O) groups is 2. The number of aromatic nitrogens is 4. The van der Waals surface area contributed by atoms with E-state index in [0.717, 1.165) is 23.6 Å². The van der Waals surface area contributed by atoms with E-state index in [9.17, 15) is 9.59 Å². The zero-order valence-corrected chi connectivity index (χ0v) is 14.4. The number of likely N-dealkylation sites (tertiary alicyclic amines) is 1. The van der Waals surface area contributed by atoms with E-state index in [1.54, 1.807) is 23.2 Å². The number of hydrogen-bond acceptors (Lipinski definition) is 5. The molecule has 1 aliphatic rings. The predicted octanol–water partition coefficient (Wildman–Crippen LogP) is 1.10. The largest absolute Gasteiger partial charge is 0.368 e. The second-order valence-electron chi connectivity index (χ2n) is 6.19. The van der Waals surface area contributed by atoms with Gasteiger partial charge in [0.2, 0.25) is 5.91 Å². The summed E-state index contributed by atoms with van der Waals surface area (Å²) in [4.78, 5) is 35.4. The molecular weight excluding hydrogens is 340 g/mol. The van der Waals surface area contributed by atoms with Crippen molar-refractivity contribution < 1.29 is 9.59 Å². The summed E-state index contributed by atoms with van der Waals surface area (Å²) in [7, 11) is 0. The maximum absolute atomic E-state index is 12.8. The number of amides is 2. The van der Waals surface area contributed by atoms with Crippen LogP contribution in [0.1, 0.15) is 35.1 Å². The van der Waals surface area contributed by atoms with Crippen LogP contribution in [0.5, 0.6) is 0 Å². The van der Waals surface area contributed by atoms with Crippen molar-refractivity contribution in [1.29, 1.82) is 0 Å².